The summed E-state index contributed by atoms with van der Waals surface area (Å²) in [7, 11) is 1.67. The molecule has 80 valence electrons. The van der Waals surface area contributed by atoms with Gasteiger partial charge < -0.3 is 4.42 Å². The SMILES string of the molecule is CC(C)Cc1nn(C)c(=O)c2ccoc12. The highest BCUT2D eigenvalue weighted by molar-refractivity contribution is 5.77. The smallest absolute Gasteiger partial charge is 0.277 e. The topological polar surface area (TPSA) is 48.0 Å². The lowest BCUT2D eigenvalue weighted by molar-refractivity contribution is 0.566. The zero-order valence-corrected chi connectivity index (χ0v) is 9.15. The maximum Gasteiger partial charge on any atom is 0.277 e. The molecule has 0 N–H and O–H groups in total. The molecule has 2 aromatic rings. The summed E-state index contributed by atoms with van der Waals surface area (Å²) in [6.45, 7) is 4.23. The van der Waals surface area contributed by atoms with E-state index >= 15 is 0 Å². The molecule has 4 heteroatoms. The molecule has 0 atom stereocenters. The molecule has 0 saturated heterocycles. The Hall–Kier alpha value is -1.58. The highest BCUT2D eigenvalue weighted by Crippen LogP contribution is 2.17. The lowest BCUT2D eigenvalue weighted by Crippen LogP contribution is -2.21. The molecule has 0 fully saturated rings. The van der Waals surface area contributed by atoms with Crippen LogP contribution in [0.4, 0.5) is 0 Å². The Morgan fingerprint density at radius 2 is 2.27 bits per heavy atom. The van der Waals surface area contributed by atoms with Crippen LogP contribution in [0.2, 0.25) is 0 Å². The third-order valence-electron chi connectivity index (χ3n) is 2.32. The fraction of sp³-hybridized carbons (Fsp3) is 0.455. The molecule has 0 amide bonds. The summed E-state index contributed by atoms with van der Waals surface area (Å²) < 4.78 is 6.68. The van der Waals surface area contributed by atoms with Gasteiger partial charge in [0.2, 0.25) is 0 Å². The van der Waals surface area contributed by atoms with Gasteiger partial charge in [-0.2, -0.15) is 5.10 Å². The lowest BCUT2D eigenvalue weighted by Gasteiger charge is -2.06. The van der Waals surface area contributed by atoms with Crippen LogP contribution in [0.15, 0.2) is 21.5 Å². The number of furan rings is 1. The maximum absolute atomic E-state index is 11.7. The maximum atomic E-state index is 11.7. The number of nitrogens with zero attached hydrogens (tertiary/aromatic N) is 2. The number of fused-ring (bicyclic) bond motifs is 1. The second-order valence-electron chi connectivity index (χ2n) is 4.14. The van der Waals surface area contributed by atoms with Crippen LogP contribution >= 0.6 is 0 Å². The Balaban J connectivity index is 2.69. The predicted molar refractivity (Wildman–Crippen MR) is 57.8 cm³/mol. The summed E-state index contributed by atoms with van der Waals surface area (Å²) in [5.74, 6) is 0.489. The standard InChI is InChI=1S/C11H14N2O2/c1-7(2)6-9-10-8(4-5-15-10)11(14)13(3)12-9/h4-5,7H,6H2,1-3H3. The highest BCUT2D eigenvalue weighted by atomic mass is 16.3. The van der Waals surface area contributed by atoms with Crippen LogP contribution in [0.1, 0.15) is 19.5 Å². The third kappa shape index (κ3) is 1.67. The molecular formula is C11H14N2O2. The molecular weight excluding hydrogens is 192 g/mol. The van der Waals surface area contributed by atoms with Crippen LogP contribution < -0.4 is 5.56 Å². The minimum absolute atomic E-state index is 0.105. The number of aryl methyl sites for hydroxylation is 1. The van der Waals surface area contributed by atoms with Crippen molar-refractivity contribution >= 4 is 11.0 Å². The van der Waals surface area contributed by atoms with E-state index in [9.17, 15) is 4.79 Å². The largest absolute Gasteiger partial charge is 0.462 e. The first kappa shape index (κ1) is 9.96. The highest BCUT2D eigenvalue weighted by Gasteiger charge is 2.12. The summed E-state index contributed by atoms with van der Waals surface area (Å²) in [5.41, 5.74) is 1.38. The quantitative estimate of drug-likeness (QED) is 0.751. The molecule has 2 aromatic heterocycles. The van der Waals surface area contributed by atoms with Gasteiger partial charge in [-0.3, -0.25) is 4.79 Å². The third-order valence-corrected chi connectivity index (χ3v) is 2.32. The van der Waals surface area contributed by atoms with Crippen molar-refractivity contribution in [3.8, 4) is 0 Å². The van der Waals surface area contributed by atoms with Crippen molar-refractivity contribution < 1.29 is 4.42 Å². The predicted octanol–water partition coefficient (Wildman–Crippen LogP) is 1.73. The van der Waals surface area contributed by atoms with Crippen molar-refractivity contribution in [2.45, 2.75) is 20.3 Å². The Bertz CT molecular complexity index is 537. The minimum Gasteiger partial charge on any atom is -0.462 e. The second kappa shape index (κ2) is 3.53. The Morgan fingerprint density at radius 3 is 2.93 bits per heavy atom. The van der Waals surface area contributed by atoms with E-state index < -0.39 is 0 Å². The van der Waals surface area contributed by atoms with E-state index in [4.69, 9.17) is 4.42 Å². The van der Waals surface area contributed by atoms with Gasteiger partial charge >= 0.3 is 0 Å². The van der Waals surface area contributed by atoms with E-state index in [2.05, 4.69) is 18.9 Å². The summed E-state index contributed by atoms with van der Waals surface area (Å²) in [6.07, 6.45) is 2.36. The number of hydrogen-bond donors (Lipinski definition) is 0. The molecule has 0 unspecified atom stereocenters. The summed E-state index contributed by atoms with van der Waals surface area (Å²) in [6, 6.07) is 1.70. The first-order valence-electron chi connectivity index (χ1n) is 5.03. The van der Waals surface area contributed by atoms with Gasteiger partial charge in [0.15, 0.2) is 5.58 Å². The van der Waals surface area contributed by atoms with Gasteiger partial charge in [-0.1, -0.05) is 13.8 Å². The normalized spacial score (nSPS) is 11.5. The van der Waals surface area contributed by atoms with E-state index in [-0.39, 0.29) is 5.56 Å². The Morgan fingerprint density at radius 1 is 1.53 bits per heavy atom. The number of rotatable bonds is 2. The first-order chi connectivity index (χ1) is 7.09. The second-order valence-corrected chi connectivity index (χ2v) is 4.14. The van der Waals surface area contributed by atoms with Crippen LogP contribution in [0.5, 0.6) is 0 Å². The molecule has 0 aliphatic carbocycles. The molecule has 2 heterocycles. The zero-order valence-electron chi connectivity index (χ0n) is 9.15. The van der Waals surface area contributed by atoms with Crippen molar-refractivity contribution in [1.82, 2.24) is 9.78 Å². The van der Waals surface area contributed by atoms with Gasteiger partial charge in [0.05, 0.1) is 11.6 Å². The molecule has 0 radical (unpaired) electrons. The van der Waals surface area contributed by atoms with E-state index in [1.165, 1.54) is 10.9 Å². The zero-order chi connectivity index (χ0) is 11.0. The molecule has 0 aliphatic rings. The van der Waals surface area contributed by atoms with Gasteiger partial charge in [0, 0.05) is 7.05 Å². The molecule has 0 spiro atoms. The van der Waals surface area contributed by atoms with Crippen LogP contribution in [0.3, 0.4) is 0 Å². The molecule has 0 saturated carbocycles. The van der Waals surface area contributed by atoms with E-state index in [0.29, 0.717) is 16.9 Å². The number of aromatic nitrogens is 2. The van der Waals surface area contributed by atoms with Crippen molar-refractivity contribution in [2.24, 2.45) is 13.0 Å². The van der Waals surface area contributed by atoms with Crippen LogP contribution in [0.25, 0.3) is 11.0 Å². The van der Waals surface area contributed by atoms with Crippen molar-refractivity contribution in [3.05, 3.63) is 28.4 Å². The average Bonchev–Trinajstić information content (AvgIpc) is 2.61. The Kier molecular flexibility index (Phi) is 2.34. The van der Waals surface area contributed by atoms with Crippen LogP contribution in [-0.4, -0.2) is 9.78 Å². The van der Waals surface area contributed by atoms with Gasteiger partial charge in [-0.15, -0.1) is 0 Å². The first-order valence-corrected chi connectivity index (χ1v) is 5.03. The van der Waals surface area contributed by atoms with Gasteiger partial charge in [-0.25, -0.2) is 4.68 Å². The van der Waals surface area contributed by atoms with Crippen LogP contribution in [-0.2, 0) is 13.5 Å². The van der Waals surface area contributed by atoms with Gasteiger partial charge in [0.25, 0.3) is 5.56 Å². The lowest BCUT2D eigenvalue weighted by atomic mass is 10.1. The molecule has 15 heavy (non-hydrogen) atoms. The van der Waals surface area contributed by atoms with Gasteiger partial charge in [0.1, 0.15) is 5.69 Å². The van der Waals surface area contributed by atoms with Crippen molar-refractivity contribution in [2.75, 3.05) is 0 Å². The summed E-state index contributed by atoms with van der Waals surface area (Å²) in [4.78, 5) is 11.7. The minimum atomic E-state index is -0.105. The number of hydrogen-bond acceptors (Lipinski definition) is 3. The van der Waals surface area contributed by atoms with E-state index in [1.54, 1.807) is 13.1 Å². The summed E-state index contributed by atoms with van der Waals surface area (Å²) >= 11 is 0. The van der Waals surface area contributed by atoms with Gasteiger partial charge in [-0.05, 0) is 18.4 Å². The monoisotopic (exact) mass is 206 g/mol. The fourth-order valence-electron chi connectivity index (χ4n) is 1.67. The molecule has 0 aromatic carbocycles. The molecule has 4 nitrogen and oxygen atoms in total. The fourth-order valence-corrected chi connectivity index (χ4v) is 1.67. The van der Waals surface area contributed by atoms with Crippen molar-refractivity contribution in [1.29, 1.82) is 0 Å². The van der Waals surface area contributed by atoms with E-state index in [0.717, 1.165) is 12.1 Å². The Labute approximate surface area is 87.5 Å². The summed E-state index contributed by atoms with van der Waals surface area (Å²) in [5, 5.41) is 4.84. The van der Waals surface area contributed by atoms with Crippen LogP contribution in [0, 0.1) is 5.92 Å². The van der Waals surface area contributed by atoms with Crippen molar-refractivity contribution in [3.63, 3.8) is 0 Å². The van der Waals surface area contributed by atoms with E-state index in [1.807, 2.05) is 0 Å². The molecule has 2 rings (SSSR count). The molecule has 0 aliphatic heterocycles. The average molecular weight is 206 g/mol. The molecule has 0 bridgehead atoms.